The van der Waals surface area contributed by atoms with Crippen molar-refractivity contribution in [2.45, 2.75) is 26.3 Å². The summed E-state index contributed by atoms with van der Waals surface area (Å²) in [6, 6.07) is 17.8. The van der Waals surface area contributed by atoms with Crippen LogP contribution in [0.25, 0.3) is 11.3 Å². The smallest absolute Gasteiger partial charge is 0.277 e. The van der Waals surface area contributed by atoms with Gasteiger partial charge in [0.1, 0.15) is 12.3 Å². The number of aryl methyl sites for hydroxylation is 1. The molecular weight excluding hydrogens is 414 g/mol. The number of amides is 1. The van der Waals surface area contributed by atoms with Gasteiger partial charge in [-0.25, -0.2) is 4.98 Å². The van der Waals surface area contributed by atoms with E-state index >= 15 is 0 Å². The van der Waals surface area contributed by atoms with Gasteiger partial charge in [-0.2, -0.15) is 0 Å². The number of hydrogen-bond acceptors (Lipinski definition) is 5. The lowest BCUT2D eigenvalue weighted by Gasteiger charge is -2.19. The first-order chi connectivity index (χ1) is 16.1. The van der Waals surface area contributed by atoms with Crippen LogP contribution in [0.4, 0.5) is 5.69 Å². The van der Waals surface area contributed by atoms with Gasteiger partial charge in [-0.1, -0.05) is 29.8 Å². The van der Waals surface area contributed by atoms with E-state index in [1.165, 1.54) is 12.8 Å². The third-order valence-electron chi connectivity index (χ3n) is 6.39. The Kier molecular flexibility index (Phi) is 6.01. The number of aromatic nitrogens is 1. The Morgan fingerprint density at radius 2 is 1.85 bits per heavy atom. The molecule has 0 radical (unpaired) electrons. The molecule has 1 amide bonds. The first kappa shape index (κ1) is 21.5. The number of carbonyl (C=O) groups is 1. The summed E-state index contributed by atoms with van der Waals surface area (Å²) in [5, 5.41) is 0. The van der Waals surface area contributed by atoms with E-state index in [0.717, 1.165) is 47.7 Å². The van der Waals surface area contributed by atoms with Crippen LogP contribution >= 0.6 is 0 Å². The van der Waals surface area contributed by atoms with Crippen molar-refractivity contribution in [2.75, 3.05) is 38.3 Å². The fourth-order valence-electron chi connectivity index (χ4n) is 4.58. The van der Waals surface area contributed by atoms with Crippen LogP contribution in [-0.2, 0) is 6.54 Å². The summed E-state index contributed by atoms with van der Waals surface area (Å²) in [7, 11) is 1.63. The Morgan fingerprint density at radius 1 is 1.00 bits per heavy atom. The van der Waals surface area contributed by atoms with Crippen LogP contribution in [0.2, 0.25) is 0 Å². The number of likely N-dealkylation sites (tertiary alicyclic amines) is 1. The van der Waals surface area contributed by atoms with E-state index in [0.29, 0.717) is 30.3 Å². The summed E-state index contributed by atoms with van der Waals surface area (Å²) >= 11 is 0. The minimum atomic E-state index is -0.0933. The molecule has 6 nitrogen and oxygen atoms in total. The number of hydrogen-bond donors (Lipinski definition) is 0. The van der Waals surface area contributed by atoms with Crippen molar-refractivity contribution in [3.63, 3.8) is 0 Å². The number of nitrogens with zero attached hydrogens (tertiary/aromatic N) is 3. The number of anilines is 1. The van der Waals surface area contributed by atoms with Crippen molar-refractivity contribution in [2.24, 2.45) is 0 Å². The van der Waals surface area contributed by atoms with Gasteiger partial charge < -0.3 is 14.4 Å². The highest BCUT2D eigenvalue weighted by Gasteiger charge is 2.31. The van der Waals surface area contributed by atoms with Gasteiger partial charge in [-0.3, -0.25) is 9.69 Å². The van der Waals surface area contributed by atoms with Crippen LogP contribution in [0.15, 0.2) is 54.6 Å². The van der Waals surface area contributed by atoms with Crippen molar-refractivity contribution in [1.82, 2.24) is 9.88 Å². The minimum Gasteiger partial charge on any atom is -0.493 e. The standard InChI is InChI=1S/C27H29N3O3/c1-19-6-5-7-20(16-19)23-10-8-21-18-30(27(31)26(21)28-23)22-9-11-24(25(17-22)32-2)33-15-14-29-12-3-4-13-29/h5-11,16-17H,3-4,12-15,18H2,1-2H3. The van der Waals surface area contributed by atoms with Gasteiger partial charge in [-0.05, 0) is 57.1 Å². The highest BCUT2D eigenvalue weighted by atomic mass is 16.5. The Hall–Kier alpha value is -3.38. The molecule has 5 rings (SSSR count). The maximum absolute atomic E-state index is 13.2. The lowest BCUT2D eigenvalue weighted by molar-refractivity contribution is 0.0992. The number of carbonyl (C=O) groups excluding carboxylic acids is 1. The van der Waals surface area contributed by atoms with Gasteiger partial charge in [0.2, 0.25) is 0 Å². The number of fused-ring (bicyclic) bond motifs is 1. The summed E-state index contributed by atoms with van der Waals surface area (Å²) in [4.78, 5) is 22.1. The molecule has 0 atom stereocenters. The van der Waals surface area contributed by atoms with Crippen LogP contribution in [0.1, 0.15) is 34.5 Å². The normalized spacial score (nSPS) is 15.7. The average molecular weight is 444 g/mol. The summed E-state index contributed by atoms with van der Waals surface area (Å²) in [5.74, 6) is 1.24. The molecule has 0 saturated carbocycles. The Balaban J connectivity index is 1.32. The molecule has 3 heterocycles. The third kappa shape index (κ3) is 4.44. The second-order valence-corrected chi connectivity index (χ2v) is 8.70. The van der Waals surface area contributed by atoms with E-state index in [2.05, 4.69) is 24.0 Å². The third-order valence-corrected chi connectivity index (χ3v) is 6.39. The van der Waals surface area contributed by atoms with E-state index in [1.54, 1.807) is 12.0 Å². The quantitative estimate of drug-likeness (QED) is 0.530. The number of benzene rings is 2. The van der Waals surface area contributed by atoms with E-state index in [-0.39, 0.29) is 5.91 Å². The van der Waals surface area contributed by atoms with Crippen molar-refractivity contribution in [3.8, 4) is 22.8 Å². The predicted octanol–water partition coefficient (Wildman–Crippen LogP) is 4.70. The molecule has 0 aliphatic carbocycles. The van der Waals surface area contributed by atoms with Crippen LogP contribution in [0, 0.1) is 6.92 Å². The number of methoxy groups -OCH3 is 1. The molecule has 1 aromatic heterocycles. The molecule has 2 aliphatic heterocycles. The van der Waals surface area contributed by atoms with Gasteiger partial charge >= 0.3 is 0 Å². The maximum atomic E-state index is 13.2. The predicted molar refractivity (Wildman–Crippen MR) is 129 cm³/mol. The van der Waals surface area contributed by atoms with Gasteiger partial charge in [0.15, 0.2) is 11.5 Å². The molecule has 2 aliphatic rings. The fourth-order valence-corrected chi connectivity index (χ4v) is 4.58. The highest BCUT2D eigenvalue weighted by molar-refractivity contribution is 6.09. The molecule has 1 saturated heterocycles. The SMILES string of the molecule is COc1cc(N2Cc3ccc(-c4cccc(C)c4)nc3C2=O)ccc1OCCN1CCCC1. The van der Waals surface area contributed by atoms with Crippen molar-refractivity contribution >= 4 is 11.6 Å². The maximum Gasteiger partial charge on any atom is 0.277 e. The summed E-state index contributed by atoms with van der Waals surface area (Å²) in [5.41, 5.74) is 5.21. The molecule has 0 unspecified atom stereocenters. The first-order valence-electron chi connectivity index (χ1n) is 11.5. The van der Waals surface area contributed by atoms with Gasteiger partial charge in [0.05, 0.1) is 19.3 Å². The van der Waals surface area contributed by atoms with Crippen LogP contribution < -0.4 is 14.4 Å². The van der Waals surface area contributed by atoms with E-state index in [4.69, 9.17) is 14.5 Å². The zero-order valence-electron chi connectivity index (χ0n) is 19.2. The Bertz CT molecular complexity index is 1170. The van der Waals surface area contributed by atoms with Crippen molar-refractivity contribution in [3.05, 3.63) is 71.4 Å². The summed E-state index contributed by atoms with van der Waals surface area (Å²) < 4.78 is 11.6. The molecule has 0 spiro atoms. The molecule has 2 aromatic carbocycles. The summed E-state index contributed by atoms with van der Waals surface area (Å²) in [6.45, 7) is 6.38. The van der Waals surface area contributed by atoms with E-state index in [9.17, 15) is 4.79 Å². The highest BCUT2D eigenvalue weighted by Crippen LogP contribution is 2.35. The molecule has 1 fully saturated rings. The van der Waals surface area contributed by atoms with Crippen molar-refractivity contribution in [1.29, 1.82) is 0 Å². The summed E-state index contributed by atoms with van der Waals surface area (Å²) in [6.07, 6.45) is 2.54. The second kappa shape index (κ2) is 9.24. The Labute approximate surface area is 194 Å². The molecule has 3 aromatic rings. The lowest BCUT2D eigenvalue weighted by atomic mass is 10.1. The second-order valence-electron chi connectivity index (χ2n) is 8.70. The van der Waals surface area contributed by atoms with Gasteiger partial charge in [0, 0.05) is 29.4 Å². The van der Waals surface area contributed by atoms with E-state index in [1.807, 2.05) is 42.5 Å². The van der Waals surface area contributed by atoms with Gasteiger partial charge in [0.25, 0.3) is 5.91 Å². The first-order valence-corrected chi connectivity index (χ1v) is 11.5. The minimum absolute atomic E-state index is 0.0933. The number of ether oxygens (including phenoxy) is 2. The number of pyridine rings is 1. The zero-order chi connectivity index (χ0) is 22.8. The molecule has 0 N–H and O–H groups in total. The topological polar surface area (TPSA) is 54.9 Å². The molecule has 33 heavy (non-hydrogen) atoms. The van der Waals surface area contributed by atoms with Crippen LogP contribution in [0.3, 0.4) is 0 Å². The van der Waals surface area contributed by atoms with Crippen LogP contribution in [-0.4, -0.2) is 49.1 Å². The van der Waals surface area contributed by atoms with Crippen molar-refractivity contribution < 1.29 is 14.3 Å². The average Bonchev–Trinajstić information content (AvgIpc) is 3.47. The number of rotatable bonds is 7. The molecule has 0 bridgehead atoms. The zero-order valence-corrected chi connectivity index (χ0v) is 19.2. The van der Waals surface area contributed by atoms with Gasteiger partial charge in [-0.15, -0.1) is 0 Å². The molecule has 170 valence electrons. The molecule has 6 heteroatoms. The fraction of sp³-hybridized carbons (Fsp3) is 0.333. The van der Waals surface area contributed by atoms with E-state index < -0.39 is 0 Å². The largest absolute Gasteiger partial charge is 0.493 e. The monoisotopic (exact) mass is 443 g/mol. The molecular formula is C27H29N3O3. The Morgan fingerprint density at radius 3 is 2.64 bits per heavy atom. The lowest BCUT2D eigenvalue weighted by Crippen LogP contribution is -2.25. The van der Waals surface area contributed by atoms with Crippen LogP contribution in [0.5, 0.6) is 11.5 Å².